The molecule has 3 nitrogen and oxygen atoms in total. The van der Waals surface area contributed by atoms with Crippen molar-refractivity contribution >= 4 is 0 Å². The first-order chi connectivity index (χ1) is 4.66. The van der Waals surface area contributed by atoms with Crippen LogP contribution >= 0.6 is 0 Å². The van der Waals surface area contributed by atoms with Crippen molar-refractivity contribution in [1.82, 2.24) is 0 Å². The molecule has 10 heavy (non-hydrogen) atoms. The van der Waals surface area contributed by atoms with Gasteiger partial charge in [0.15, 0.2) is 0 Å². The summed E-state index contributed by atoms with van der Waals surface area (Å²) < 4.78 is 0. The van der Waals surface area contributed by atoms with Crippen LogP contribution < -0.4 is 0 Å². The third-order valence-electron chi connectivity index (χ3n) is 1.32. The number of rotatable bonds is 5. The molecule has 0 unspecified atom stereocenters. The maximum absolute atomic E-state index is 9.95. The van der Waals surface area contributed by atoms with E-state index in [1.807, 2.05) is 6.92 Å². The molecule has 0 aromatic rings. The van der Waals surface area contributed by atoms with Gasteiger partial charge < -0.3 is 0 Å². The summed E-state index contributed by atoms with van der Waals surface area (Å²) in [5.41, 5.74) is 0. The summed E-state index contributed by atoms with van der Waals surface area (Å²) in [6.45, 7) is 5.50. The van der Waals surface area contributed by atoms with E-state index in [0.717, 1.165) is 12.8 Å². The normalized spacial score (nSPS) is 12.5. The molecule has 0 N–H and O–H groups in total. The summed E-state index contributed by atoms with van der Waals surface area (Å²) in [5.74, 6) is 0.174. The fourth-order valence-electron chi connectivity index (χ4n) is 0.748. The lowest BCUT2D eigenvalue weighted by molar-refractivity contribution is -0.487. The fraction of sp³-hybridized carbons (Fsp3) is 0.714. The zero-order chi connectivity index (χ0) is 7.98. The standard InChI is InChI=1S/C7H13NO2/c1-3-4-5-7(2)6-8(9)10/h3,7H,1,4-6H2,2H3/t7-/m1/s1. The van der Waals surface area contributed by atoms with Gasteiger partial charge in [0.1, 0.15) is 0 Å². The molecule has 0 aromatic heterocycles. The van der Waals surface area contributed by atoms with Crippen molar-refractivity contribution in [3.8, 4) is 0 Å². The molecule has 0 aliphatic rings. The zero-order valence-electron chi connectivity index (χ0n) is 6.25. The summed E-state index contributed by atoms with van der Waals surface area (Å²) in [5, 5.41) is 9.95. The Hall–Kier alpha value is -0.860. The zero-order valence-corrected chi connectivity index (χ0v) is 6.25. The van der Waals surface area contributed by atoms with Gasteiger partial charge in [-0.1, -0.05) is 13.0 Å². The predicted molar refractivity (Wildman–Crippen MR) is 40.5 cm³/mol. The first-order valence-electron chi connectivity index (χ1n) is 3.39. The Morgan fingerprint density at radius 1 is 1.80 bits per heavy atom. The molecule has 0 heterocycles. The molecule has 0 bridgehead atoms. The molecule has 0 saturated heterocycles. The van der Waals surface area contributed by atoms with Crippen LogP contribution in [0.4, 0.5) is 0 Å². The Morgan fingerprint density at radius 2 is 2.40 bits per heavy atom. The maximum Gasteiger partial charge on any atom is 0.206 e. The summed E-state index contributed by atoms with van der Waals surface area (Å²) in [4.78, 5) is 9.68. The first-order valence-corrected chi connectivity index (χ1v) is 3.39. The van der Waals surface area contributed by atoms with Gasteiger partial charge in [-0.25, -0.2) is 0 Å². The topological polar surface area (TPSA) is 43.1 Å². The molecule has 0 radical (unpaired) electrons. The minimum Gasteiger partial charge on any atom is -0.265 e. The molecule has 0 aliphatic heterocycles. The van der Waals surface area contributed by atoms with Crippen molar-refractivity contribution in [2.24, 2.45) is 5.92 Å². The van der Waals surface area contributed by atoms with E-state index < -0.39 is 0 Å². The van der Waals surface area contributed by atoms with Gasteiger partial charge in [-0.05, 0) is 12.8 Å². The molecule has 1 atom stereocenters. The number of allylic oxidation sites excluding steroid dienone is 1. The van der Waals surface area contributed by atoms with Gasteiger partial charge in [0.25, 0.3) is 0 Å². The lowest BCUT2D eigenvalue weighted by Gasteiger charge is -2.02. The van der Waals surface area contributed by atoms with E-state index in [4.69, 9.17) is 0 Å². The third kappa shape index (κ3) is 5.28. The highest BCUT2D eigenvalue weighted by Crippen LogP contribution is 2.04. The minimum atomic E-state index is -0.270. The lowest BCUT2D eigenvalue weighted by atomic mass is 10.1. The van der Waals surface area contributed by atoms with E-state index in [2.05, 4.69) is 6.58 Å². The molecule has 0 saturated carbocycles. The summed E-state index contributed by atoms with van der Waals surface area (Å²) in [6, 6.07) is 0. The van der Waals surface area contributed by atoms with E-state index in [1.54, 1.807) is 6.08 Å². The summed E-state index contributed by atoms with van der Waals surface area (Å²) in [6.07, 6.45) is 3.52. The van der Waals surface area contributed by atoms with Crippen molar-refractivity contribution < 1.29 is 4.92 Å². The molecular weight excluding hydrogens is 130 g/mol. The summed E-state index contributed by atoms with van der Waals surface area (Å²) >= 11 is 0. The molecule has 3 heteroatoms. The molecule has 0 amide bonds. The molecule has 58 valence electrons. The predicted octanol–water partition coefficient (Wildman–Crippen LogP) is 1.87. The highest BCUT2D eigenvalue weighted by atomic mass is 16.6. The Balaban J connectivity index is 3.33. The second-order valence-electron chi connectivity index (χ2n) is 2.49. The van der Waals surface area contributed by atoms with Gasteiger partial charge >= 0.3 is 0 Å². The highest BCUT2D eigenvalue weighted by molar-refractivity contribution is 4.67. The van der Waals surface area contributed by atoms with Crippen LogP contribution in [0.1, 0.15) is 19.8 Å². The van der Waals surface area contributed by atoms with Crippen LogP contribution in [0, 0.1) is 16.0 Å². The number of nitro groups is 1. The average Bonchev–Trinajstić information content (AvgIpc) is 1.82. The van der Waals surface area contributed by atoms with Crippen molar-refractivity contribution in [3.05, 3.63) is 22.8 Å². The quantitative estimate of drug-likeness (QED) is 0.335. The fourth-order valence-corrected chi connectivity index (χ4v) is 0.748. The van der Waals surface area contributed by atoms with Crippen LogP contribution in [-0.2, 0) is 0 Å². The maximum atomic E-state index is 9.95. The van der Waals surface area contributed by atoms with Gasteiger partial charge in [-0.3, -0.25) is 10.1 Å². The smallest absolute Gasteiger partial charge is 0.206 e. The van der Waals surface area contributed by atoms with Crippen molar-refractivity contribution in [2.75, 3.05) is 6.54 Å². The molecule has 0 fully saturated rings. The van der Waals surface area contributed by atoms with Gasteiger partial charge in [0.2, 0.25) is 6.54 Å². The number of hydrogen-bond donors (Lipinski definition) is 0. The Morgan fingerprint density at radius 3 is 2.80 bits per heavy atom. The van der Waals surface area contributed by atoms with Crippen molar-refractivity contribution in [1.29, 1.82) is 0 Å². The first kappa shape index (κ1) is 9.14. The van der Waals surface area contributed by atoms with E-state index in [1.165, 1.54) is 0 Å². The number of hydrogen-bond acceptors (Lipinski definition) is 2. The third-order valence-corrected chi connectivity index (χ3v) is 1.32. The SMILES string of the molecule is C=CCC[C@@H](C)C[N+](=O)[O-]. The highest BCUT2D eigenvalue weighted by Gasteiger charge is 2.06. The molecule has 0 rings (SSSR count). The second kappa shape index (κ2) is 4.97. The van der Waals surface area contributed by atoms with E-state index in [-0.39, 0.29) is 17.4 Å². The average molecular weight is 143 g/mol. The van der Waals surface area contributed by atoms with E-state index in [9.17, 15) is 10.1 Å². The van der Waals surface area contributed by atoms with Crippen LogP contribution in [0.2, 0.25) is 0 Å². The summed E-state index contributed by atoms with van der Waals surface area (Å²) in [7, 11) is 0. The Bertz CT molecular complexity index is 123. The molecule has 0 spiro atoms. The Kier molecular flexibility index (Phi) is 4.54. The lowest BCUT2D eigenvalue weighted by Crippen LogP contribution is -2.10. The molecule has 0 aromatic carbocycles. The largest absolute Gasteiger partial charge is 0.265 e. The van der Waals surface area contributed by atoms with Crippen LogP contribution in [0.5, 0.6) is 0 Å². The molecular formula is C7H13NO2. The van der Waals surface area contributed by atoms with Crippen LogP contribution in [-0.4, -0.2) is 11.5 Å². The van der Waals surface area contributed by atoms with Crippen molar-refractivity contribution in [2.45, 2.75) is 19.8 Å². The van der Waals surface area contributed by atoms with Crippen LogP contribution in [0.15, 0.2) is 12.7 Å². The second-order valence-corrected chi connectivity index (χ2v) is 2.49. The van der Waals surface area contributed by atoms with Gasteiger partial charge in [-0.15, -0.1) is 6.58 Å². The van der Waals surface area contributed by atoms with Crippen LogP contribution in [0.25, 0.3) is 0 Å². The van der Waals surface area contributed by atoms with E-state index >= 15 is 0 Å². The van der Waals surface area contributed by atoms with Gasteiger partial charge in [0.05, 0.1) is 0 Å². The number of nitrogens with zero attached hydrogens (tertiary/aromatic N) is 1. The Labute approximate surface area is 60.9 Å². The van der Waals surface area contributed by atoms with Crippen molar-refractivity contribution in [3.63, 3.8) is 0 Å². The van der Waals surface area contributed by atoms with Gasteiger partial charge in [0, 0.05) is 10.8 Å². The van der Waals surface area contributed by atoms with Crippen LogP contribution in [0.3, 0.4) is 0 Å². The van der Waals surface area contributed by atoms with Gasteiger partial charge in [-0.2, -0.15) is 0 Å². The minimum absolute atomic E-state index is 0.0772. The molecule has 0 aliphatic carbocycles. The van der Waals surface area contributed by atoms with E-state index in [0.29, 0.717) is 0 Å². The monoisotopic (exact) mass is 143 g/mol.